The molecule has 3 rings (SSSR count). The molecule has 124 valence electrons. The average molecular weight is 347 g/mol. The summed E-state index contributed by atoms with van der Waals surface area (Å²) in [7, 11) is 0. The highest BCUT2D eigenvalue weighted by Crippen LogP contribution is 2.16. The predicted octanol–water partition coefficient (Wildman–Crippen LogP) is 1.91. The Kier molecular flexibility index (Phi) is 4.57. The standard InChI is InChI=1S/C15H15ClN6O2/c1-9-10(2)24-14(18-9)7-17-13(23)8-22-20-15(19-21-22)11-3-5-12(16)6-4-11/h3-6H,7-8H2,1-2H3,(H,17,23). The van der Waals surface area contributed by atoms with E-state index in [9.17, 15) is 4.79 Å². The molecule has 0 atom stereocenters. The lowest BCUT2D eigenvalue weighted by Crippen LogP contribution is -2.28. The number of hydrogen-bond donors (Lipinski definition) is 1. The van der Waals surface area contributed by atoms with Crippen molar-refractivity contribution in [2.45, 2.75) is 26.9 Å². The highest BCUT2D eigenvalue weighted by Gasteiger charge is 2.11. The molecule has 0 aliphatic carbocycles. The van der Waals surface area contributed by atoms with Crippen LogP contribution in [0.15, 0.2) is 28.7 Å². The predicted molar refractivity (Wildman–Crippen MR) is 86.1 cm³/mol. The third kappa shape index (κ3) is 3.77. The van der Waals surface area contributed by atoms with E-state index in [1.165, 1.54) is 4.80 Å². The van der Waals surface area contributed by atoms with E-state index in [4.69, 9.17) is 16.0 Å². The van der Waals surface area contributed by atoms with Crippen LogP contribution in [0, 0.1) is 13.8 Å². The number of carbonyl (C=O) groups is 1. The third-order valence-electron chi connectivity index (χ3n) is 3.35. The Labute approximate surface area is 142 Å². The van der Waals surface area contributed by atoms with Crippen molar-refractivity contribution in [2.75, 3.05) is 0 Å². The topological polar surface area (TPSA) is 98.7 Å². The summed E-state index contributed by atoms with van der Waals surface area (Å²) in [6.45, 7) is 3.85. The second kappa shape index (κ2) is 6.79. The molecule has 1 aromatic carbocycles. The molecule has 0 spiro atoms. The van der Waals surface area contributed by atoms with Crippen LogP contribution in [0.5, 0.6) is 0 Å². The summed E-state index contributed by atoms with van der Waals surface area (Å²) in [5.74, 6) is 1.37. The number of oxazole rings is 1. The number of tetrazole rings is 1. The van der Waals surface area contributed by atoms with Crippen LogP contribution in [0.25, 0.3) is 11.4 Å². The molecule has 0 bridgehead atoms. The fourth-order valence-electron chi connectivity index (χ4n) is 2.00. The van der Waals surface area contributed by atoms with Crippen molar-refractivity contribution in [1.82, 2.24) is 30.5 Å². The van der Waals surface area contributed by atoms with E-state index in [2.05, 4.69) is 25.7 Å². The van der Waals surface area contributed by atoms with Gasteiger partial charge in [0.2, 0.25) is 17.6 Å². The number of aryl methyl sites for hydroxylation is 2. The first-order valence-corrected chi connectivity index (χ1v) is 7.62. The zero-order valence-corrected chi connectivity index (χ0v) is 13.9. The van der Waals surface area contributed by atoms with E-state index in [1.54, 1.807) is 24.3 Å². The molecule has 2 heterocycles. The van der Waals surface area contributed by atoms with Crippen molar-refractivity contribution in [2.24, 2.45) is 0 Å². The number of aromatic nitrogens is 5. The minimum Gasteiger partial charge on any atom is -0.444 e. The first kappa shape index (κ1) is 16.1. The van der Waals surface area contributed by atoms with Crippen LogP contribution in [0.4, 0.5) is 0 Å². The number of nitrogens with zero attached hydrogens (tertiary/aromatic N) is 5. The quantitative estimate of drug-likeness (QED) is 0.757. The molecule has 0 saturated carbocycles. The Bertz CT molecular complexity index is 836. The van der Waals surface area contributed by atoms with Gasteiger partial charge in [-0.2, -0.15) is 4.80 Å². The molecule has 1 N–H and O–H groups in total. The molecule has 24 heavy (non-hydrogen) atoms. The van der Waals surface area contributed by atoms with Crippen molar-refractivity contribution in [1.29, 1.82) is 0 Å². The maximum Gasteiger partial charge on any atom is 0.244 e. The smallest absolute Gasteiger partial charge is 0.244 e. The number of amides is 1. The van der Waals surface area contributed by atoms with E-state index < -0.39 is 0 Å². The van der Waals surface area contributed by atoms with Gasteiger partial charge >= 0.3 is 0 Å². The van der Waals surface area contributed by atoms with Crippen LogP contribution in [0.1, 0.15) is 17.3 Å². The van der Waals surface area contributed by atoms with Gasteiger partial charge in [-0.05, 0) is 43.3 Å². The molecule has 3 aromatic rings. The molecule has 0 aliphatic heterocycles. The second-order valence-corrected chi connectivity index (χ2v) is 5.61. The maximum absolute atomic E-state index is 11.9. The Morgan fingerprint density at radius 3 is 2.71 bits per heavy atom. The molecular formula is C15H15ClN6O2. The average Bonchev–Trinajstić information content (AvgIpc) is 3.13. The summed E-state index contributed by atoms with van der Waals surface area (Å²) in [5, 5.41) is 15.3. The Balaban J connectivity index is 1.58. The van der Waals surface area contributed by atoms with Gasteiger partial charge in [-0.1, -0.05) is 11.6 Å². The molecule has 0 unspecified atom stereocenters. The van der Waals surface area contributed by atoms with E-state index in [1.807, 2.05) is 13.8 Å². The molecule has 8 nitrogen and oxygen atoms in total. The first-order chi connectivity index (χ1) is 11.5. The second-order valence-electron chi connectivity index (χ2n) is 5.18. The monoisotopic (exact) mass is 346 g/mol. The number of benzene rings is 1. The Morgan fingerprint density at radius 2 is 2.04 bits per heavy atom. The van der Waals surface area contributed by atoms with Gasteiger partial charge in [0.15, 0.2) is 0 Å². The van der Waals surface area contributed by atoms with Crippen LogP contribution < -0.4 is 5.32 Å². The highest BCUT2D eigenvalue weighted by molar-refractivity contribution is 6.30. The maximum atomic E-state index is 11.9. The summed E-state index contributed by atoms with van der Waals surface area (Å²) >= 11 is 5.84. The van der Waals surface area contributed by atoms with Gasteiger partial charge in [-0.15, -0.1) is 10.2 Å². The first-order valence-electron chi connectivity index (χ1n) is 7.24. The van der Waals surface area contributed by atoms with E-state index in [0.29, 0.717) is 16.7 Å². The van der Waals surface area contributed by atoms with Gasteiger partial charge in [-0.3, -0.25) is 4.79 Å². The van der Waals surface area contributed by atoms with Gasteiger partial charge in [0.05, 0.1) is 12.2 Å². The van der Waals surface area contributed by atoms with E-state index >= 15 is 0 Å². The minimum atomic E-state index is -0.261. The molecule has 1 amide bonds. The van der Waals surface area contributed by atoms with Gasteiger partial charge in [0.25, 0.3) is 0 Å². The van der Waals surface area contributed by atoms with Crippen LogP contribution in [0.2, 0.25) is 5.02 Å². The van der Waals surface area contributed by atoms with Crippen LogP contribution in [0.3, 0.4) is 0 Å². The molecule has 0 fully saturated rings. The summed E-state index contributed by atoms with van der Waals surface area (Å²) < 4.78 is 5.40. The molecule has 2 aromatic heterocycles. The lowest BCUT2D eigenvalue weighted by atomic mass is 10.2. The Hall–Kier alpha value is -2.74. The molecule has 0 saturated heterocycles. The van der Waals surface area contributed by atoms with Crippen molar-refractivity contribution >= 4 is 17.5 Å². The number of hydrogen-bond acceptors (Lipinski definition) is 6. The van der Waals surface area contributed by atoms with Crippen molar-refractivity contribution in [3.05, 3.63) is 46.6 Å². The Morgan fingerprint density at radius 1 is 1.29 bits per heavy atom. The molecule has 0 aliphatic rings. The summed E-state index contributed by atoms with van der Waals surface area (Å²) in [4.78, 5) is 17.4. The van der Waals surface area contributed by atoms with Crippen LogP contribution >= 0.6 is 11.6 Å². The normalized spacial score (nSPS) is 10.8. The minimum absolute atomic E-state index is 0.0424. The van der Waals surface area contributed by atoms with Crippen LogP contribution in [-0.2, 0) is 17.9 Å². The highest BCUT2D eigenvalue weighted by atomic mass is 35.5. The van der Waals surface area contributed by atoms with Crippen molar-refractivity contribution < 1.29 is 9.21 Å². The van der Waals surface area contributed by atoms with Gasteiger partial charge in [0, 0.05) is 10.6 Å². The largest absolute Gasteiger partial charge is 0.444 e. The summed E-state index contributed by atoms with van der Waals surface area (Å²) in [5.41, 5.74) is 1.58. The zero-order chi connectivity index (χ0) is 17.1. The lowest BCUT2D eigenvalue weighted by Gasteiger charge is -2.01. The number of rotatable bonds is 5. The fraction of sp³-hybridized carbons (Fsp3) is 0.267. The van der Waals surface area contributed by atoms with Crippen LogP contribution in [-0.4, -0.2) is 31.1 Å². The zero-order valence-electron chi connectivity index (χ0n) is 13.2. The third-order valence-corrected chi connectivity index (χ3v) is 3.60. The van der Waals surface area contributed by atoms with Gasteiger partial charge in [-0.25, -0.2) is 4.98 Å². The van der Waals surface area contributed by atoms with Gasteiger partial charge in [0.1, 0.15) is 12.3 Å². The number of carbonyl (C=O) groups excluding carboxylic acids is 1. The van der Waals surface area contributed by atoms with E-state index in [0.717, 1.165) is 17.0 Å². The fourth-order valence-corrected chi connectivity index (χ4v) is 2.12. The SMILES string of the molecule is Cc1nc(CNC(=O)Cn2nnc(-c3ccc(Cl)cc3)n2)oc1C. The lowest BCUT2D eigenvalue weighted by molar-refractivity contribution is -0.122. The molecular weight excluding hydrogens is 332 g/mol. The van der Waals surface area contributed by atoms with Gasteiger partial charge < -0.3 is 9.73 Å². The number of nitrogens with one attached hydrogen (secondary N) is 1. The van der Waals surface area contributed by atoms with Crippen molar-refractivity contribution in [3.8, 4) is 11.4 Å². The summed E-state index contributed by atoms with van der Waals surface area (Å²) in [6.07, 6.45) is 0. The van der Waals surface area contributed by atoms with Crippen molar-refractivity contribution in [3.63, 3.8) is 0 Å². The number of halogens is 1. The molecule has 9 heteroatoms. The van der Waals surface area contributed by atoms with E-state index in [-0.39, 0.29) is 19.0 Å². The summed E-state index contributed by atoms with van der Waals surface area (Å²) in [6, 6.07) is 7.06. The molecule has 0 radical (unpaired) electrons.